The number of carbonyl (C=O) groups is 1. The van der Waals surface area contributed by atoms with Gasteiger partial charge in [-0.15, -0.1) is 34.0 Å². The highest BCUT2D eigenvalue weighted by atomic mass is 79.9. The molecule has 8 heteroatoms. The minimum atomic E-state index is -0.0806. The van der Waals surface area contributed by atoms with Gasteiger partial charge in [0.1, 0.15) is 0 Å². The summed E-state index contributed by atoms with van der Waals surface area (Å²) in [6, 6.07) is 0.786. The Morgan fingerprint density at radius 1 is 1.04 bits per heavy atom. The Balaban J connectivity index is 0. The van der Waals surface area contributed by atoms with E-state index in [1.54, 1.807) is 42.5 Å². The third-order valence-electron chi connectivity index (χ3n) is 3.35. The van der Waals surface area contributed by atoms with Crippen molar-refractivity contribution in [1.29, 1.82) is 0 Å². The predicted octanol–water partition coefficient (Wildman–Crippen LogP) is 3.24. The lowest BCUT2D eigenvalue weighted by atomic mass is 10.2. The van der Waals surface area contributed by atoms with Crippen LogP contribution in [0.25, 0.3) is 0 Å². The number of hydrogen-bond donors (Lipinski definition) is 0. The summed E-state index contributed by atoms with van der Waals surface area (Å²) in [5.74, 6) is 0.587. The van der Waals surface area contributed by atoms with Gasteiger partial charge in [-0.25, -0.2) is 9.78 Å². The molecule has 0 aliphatic heterocycles. The molecule has 0 bridgehead atoms. The van der Waals surface area contributed by atoms with Gasteiger partial charge in [0.15, 0.2) is 5.82 Å². The summed E-state index contributed by atoms with van der Waals surface area (Å²) in [5, 5.41) is 0. The molecule has 0 aliphatic carbocycles. The molecule has 0 unspecified atom stereocenters. The lowest BCUT2D eigenvalue weighted by molar-refractivity contribution is 0.177. The fourth-order valence-electron chi connectivity index (χ4n) is 2.31. The molecule has 0 spiro atoms. The van der Waals surface area contributed by atoms with Crippen LogP contribution in [-0.4, -0.2) is 65.1 Å². The average molecular weight is 455 g/mol. The molecule has 0 radical (unpaired) electrons. The fraction of sp³-hybridized carbons (Fsp3) is 0.667. The van der Waals surface area contributed by atoms with Gasteiger partial charge in [0.25, 0.3) is 0 Å². The van der Waals surface area contributed by atoms with E-state index in [0.717, 1.165) is 6.54 Å². The Morgan fingerprint density at radius 3 is 2.00 bits per heavy atom. The SMILES string of the molecule is Br.Br.CC(C)N(CCN(C(=O)N(C)C)c1cnccn1)C(C)C. The zero-order chi connectivity index (χ0) is 16.0. The molecule has 23 heavy (non-hydrogen) atoms. The minimum absolute atomic E-state index is 0. The molecule has 0 fully saturated rings. The van der Waals surface area contributed by atoms with E-state index >= 15 is 0 Å². The third kappa shape index (κ3) is 7.58. The Labute approximate surface area is 160 Å². The number of nitrogens with zero attached hydrogens (tertiary/aromatic N) is 5. The van der Waals surface area contributed by atoms with E-state index in [0.29, 0.717) is 24.4 Å². The van der Waals surface area contributed by atoms with Crippen molar-refractivity contribution in [3.8, 4) is 0 Å². The number of anilines is 1. The van der Waals surface area contributed by atoms with Crippen LogP contribution in [0.3, 0.4) is 0 Å². The Kier molecular flexibility index (Phi) is 12.5. The number of carbonyl (C=O) groups excluding carboxylic acids is 1. The molecule has 1 rings (SSSR count). The first-order valence-electron chi connectivity index (χ1n) is 7.35. The van der Waals surface area contributed by atoms with Crippen molar-refractivity contribution < 1.29 is 4.79 Å². The molecule has 1 aromatic rings. The molecule has 0 aliphatic rings. The van der Waals surface area contributed by atoms with Gasteiger partial charge in [-0.1, -0.05) is 0 Å². The van der Waals surface area contributed by atoms with Crippen LogP contribution < -0.4 is 4.90 Å². The average Bonchev–Trinajstić information content (AvgIpc) is 2.43. The zero-order valence-corrected chi connectivity index (χ0v) is 18.2. The Morgan fingerprint density at radius 2 is 1.61 bits per heavy atom. The van der Waals surface area contributed by atoms with Crippen LogP contribution in [0.2, 0.25) is 0 Å². The topological polar surface area (TPSA) is 52.6 Å². The summed E-state index contributed by atoms with van der Waals surface area (Å²) in [5.41, 5.74) is 0. The lowest BCUT2D eigenvalue weighted by Crippen LogP contribution is -2.47. The van der Waals surface area contributed by atoms with Gasteiger partial charge in [-0.3, -0.25) is 14.8 Å². The van der Waals surface area contributed by atoms with Gasteiger partial charge < -0.3 is 4.90 Å². The number of hydrogen-bond acceptors (Lipinski definition) is 4. The van der Waals surface area contributed by atoms with E-state index in [2.05, 4.69) is 42.6 Å². The zero-order valence-electron chi connectivity index (χ0n) is 14.8. The molecule has 2 amide bonds. The number of rotatable bonds is 6. The molecule has 6 nitrogen and oxygen atoms in total. The number of urea groups is 1. The van der Waals surface area contributed by atoms with Crippen molar-refractivity contribution in [2.45, 2.75) is 39.8 Å². The summed E-state index contributed by atoms with van der Waals surface area (Å²) in [4.78, 5) is 26.2. The summed E-state index contributed by atoms with van der Waals surface area (Å²) in [6.07, 6.45) is 4.83. The van der Waals surface area contributed by atoms with E-state index in [1.165, 1.54) is 0 Å². The first kappa shape index (κ1) is 24.5. The maximum Gasteiger partial charge on any atom is 0.325 e. The monoisotopic (exact) mass is 453 g/mol. The molecule has 134 valence electrons. The fourth-order valence-corrected chi connectivity index (χ4v) is 2.31. The quantitative estimate of drug-likeness (QED) is 0.661. The maximum atomic E-state index is 12.4. The second-order valence-corrected chi connectivity index (χ2v) is 5.82. The van der Waals surface area contributed by atoms with E-state index in [1.807, 2.05) is 0 Å². The van der Waals surface area contributed by atoms with E-state index < -0.39 is 0 Å². The molecule has 0 saturated heterocycles. The van der Waals surface area contributed by atoms with Crippen LogP contribution in [0.15, 0.2) is 18.6 Å². The summed E-state index contributed by atoms with van der Waals surface area (Å²) in [7, 11) is 3.49. The van der Waals surface area contributed by atoms with Gasteiger partial charge in [-0.2, -0.15) is 0 Å². The third-order valence-corrected chi connectivity index (χ3v) is 3.35. The van der Waals surface area contributed by atoms with Gasteiger partial charge >= 0.3 is 6.03 Å². The van der Waals surface area contributed by atoms with Crippen molar-refractivity contribution in [1.82, 2.24) is 19.8 Å². The van der Waals surface area contributed by atoms with E-state index in [-0.39, 0.29) is 40.0 Å². The lowest BCUT2D eigenvalue weighted by Gasteiger charge is -2.33. The normalized spacial score (nSPS) is 10.3. The van der Waals surface area contributed by atoms with Crippen LogP contribution in [0.1, 0.15) is 27.7 Å². The summed E-state index contributed by atoms with van der Waals surface area (Å²) >= 11 is 0. The maximum absolute atomic E-state index is 12.4. The second-order valence-electron chi connectivity index (χ2n) is 5.82. The summed E-state index contributed by atoms with van der Waals surface area (Å²) in [6.45, 7) is 10.1. The van der Waals surface area contributed by atoms with Gasteiger partial charge in [-0.05, 0) is 27.7 Å². The van der Waals surface area contributed by atoms with Crippen LogP contribution >= 0.6 is 34.0 Å². The summed E-state index contributed by atoms with van der Waals surface area (Å²) < 4.78 is 0. The van der Waals surface area contributed by atoms with Crippen LogP contribution in [0.5, 0.6) is 0 Å². The smallest absolute Gasteiger partial charge is 0.325 e. The van der Waals surface area contributed by atoms with Gasteiger partial charge in [0.05, 0.1) is 6.20 Å². The first-order valence-corrected chi connectivity index (χ1v) is 7.35. The highest BCUT2D eigenvalue weighted by molar-refractivity contribution is 8.93. The largest absolute Gasteiger partial charge is 0.330 e. The van der Waals surface area contributed by atoms with Crippen molar-refractivity contribution >= 4 is 45.8 Å². The number of halogens is 2. The molecule has 0 N–H and O–H groups in total. The van der Waals surface area contributed by atoms with Crippen LogP contribution in [0, 0.1) is 0 Å². The first-order chi connectivity index (χ1) is 9.84. The van der Waals surface area contributed by atoms with Crippen LogP contribution in [0.4, 0.5) is 10.6 Å². The minimum Gasteiger partial charge on any atom is -0.330 e. The van der Waals surface area contributed by atoms with Gasteiger partial charge in [0, 0.05) is 51.7 Å². The van der Waals surface area contributed by atoms with Crippen LogP contribution in [-0.2, 0) is 0 Å². The molecular weight excluding hydrogens is 426 g/mol. The molecular formula is C15H29Br2N5O. The number of amides is 2. The molecule has 0 aromatic carbocycles. The van der Waals surface area contributed by atoms with Crippen molar-refractivity contribution in [2.75, 3.05) is 32.1 Å². The van der Waals surface area contributed by atoms with Crippen molar-refractivity contribution in [3.05, 3.63) is 18.6 Å². The molecule has 0 atom stereocenters. The Bertz CT molecular complexity index is 435. The number of aromatic nitrogens is 2. The molecule has 0 saturated carbocycles. The highest BCUT2D eigenvalue weighted by Crippen LogP contribution is 2.12. The molecule has 1 aromatic heterocycles. The van der Waals surface area contributed by atoms with Crippen molar-refractivity contribution in [2.24, 2.45) is 0 Å². The van der Waals surface area contributed by atoms with E-state index in [4.69, 9.17) is 0 Å². The standard InChI is InChI=1S/C15H27N5O.2BrH/c1-12(2)19(13(3)4)9-10-20(15(21)18(5)6)14-11-16-7-8-17-14;;/h7-8,11-13H,9-10H2,1-6H3;2*1H. The predicted molar refractivity (Wildman–Crippen MR) is 106 cm³/mol. The Hall–Kier alpha value is -0.730. The highest BCUT2D eigenvalue weighted by Gasteiger charge is 2.21. The molecule has 1 heterocycles. The van der Waals surface area contributed by atoms with E-state index in [9.17, 15) is 4.79 Å². The second kappa shape index (κ2) is 11.8. The van der Waals surface area contributed by atoms with Crippen molar-refractivity contribution in [3.63, 3.8) is 0 Å². The van der Waals surface area contributed by atoms with Gasteiger partial charge in [0.2, 0.25) is 0 Å².